The molecule has 0 aromatic heterocycles. The lowest BCUT2D eigenvalue weighted by Crippen LogP contribution is -2.45. The zero-order valence-electron chi connectivity index (χ0n) is 16.5. The monoisotopic (exact) mass is 352 g/mol. The van der Waals surface area contributed by atoms with Crippen LogP contribution in [0.3, 0.4) is 0 Å². The van der Waals surface area contributed by atoms with E-state index in [1.165, 1.54) is 6.92 Å². The Balaban J connectivity index is 2.82. The van der Waals surface area contributed by atoms with Crippen molar-refractivity contribution in [1.29, 1.82) is 0 Å². The van der Waals surface area contributed by atoms with E-state index in [0.717, 1.165) is 6.42 Å². The quantitative estimate of drug-likeness (QED) is 0.432. The predicted molar refractivity (Wildman–Crippen MR) is 103 cm³/mol. The molecule has 2 N–H and O–H groups in total. The number of aliphatic hydroxyl groups is 2. The molecule has 0 aliphatic heterocycles. The van der Waals surface area contributed by atoms with E-state index in [9.17, 15) is 10.2 Å². The van der Waals surface area contributed by atoms with Gasteiger partial charge in [-0.1, -0.05) is 45.8 Å². The lowest BCUT2D eigenvalue weighted by Gasteiger charge is -2.41. The average molecular weight is 353 g/mol. The Morgan fingerprint density at radius 2 is 1.92 bits per heavy atom. The van der Waals surface area contributed by atoms with E-state index in [2.05, 4.69) is 58.9 Å². The summed E-state index contributed by atoms with van der Waals surface area (Å²) >= 11 is 0. The summed E-state index contributed by atoms with van der Waals surface area (Å²) < 4.78 is 6.45. The first-order valence-corrected chi connectivity index (χ1v) is 11.9. The van der Waals surface area contributed by atoms with Crippen LogP contribution in [0.25, 0.3) is 0 Å². The third-order valence-electron chi connectivity index (χ3n) is 6.07. The maximum atomic E-state index is 10.3. The molecule has 138 valence electrons. The molecule has 1 rings (SSSR count). The molecular weight excluding hydrogens is 316 g/mol. The second-order valence-corrected chi connectivity index (χ2v) is 13.9. The molecule has 0 amide bonds. The van der Waals surface area contributed by atoms with Gasteiger partial charge in [0.2, 0.25) is 0 Å². The van der Waals surface area contributed by atoms with Gasteiger partial charge in [-0.2, -0.15) is 0 Å². The van der Waals surface area contributed by atoms with Gasteiger partial charge < -0.3 is 14.6 Å². The standard InChI is InChI=1S/C20H36O3Si/c1-9-20(6,22)18(21)13-16-12-10-11-15(2)17(16)14-23-24(7,8)19(3,4)5/h1,10-11,15-18,21-22H,12-14H2,2-8H3/t15-,16-,17-,18+,20+/m1/s1. The number of hydrogen-bond donors (Lipinski definition) is 2. The van der Waals surface area contributed by atoms with Gasteiger partial charge in [-0.15, -0.1) is 6.42 Å². The Morgan fingerprint density at radius 3 is 2.42 bits per heavy atom. The highest BCUT2D eigenvalue weighted by molar-refractivity contribution is 6.74. The zero-order chi connectivity index (χ0) is 18.8. The van der Waals surface area contributed by atoms with Gasteiger partial charge in [-0.25, -0.2) is 0 Å². The van der Waals surface area contributed by atoms with E-state index in [1.807, 2.05) is 0 Å². The van der Waals surface area contributed by atoms with Crippen molar-refractivity contribution in [1.82, 2.24) is 0 Å². The highest BCUT2D eigenvalue weighted by atomic mass is 28.4. The lowest BCUT2D eigenvalue weighted by atomic mass is 9.73. The van der Waals surface area contributed by atoms with Crippen LogP contribution in [-0.2, 0) is 4.43 Å². The number of aliphatic hydroxyl groups excluding tert-OH is 1. The topological polar surface area (TPSA) is 49.7 Å². The minimum Gasteiger partial charge on any atom is -0.417 e. The summed E-state index contributed by atoms with van der Waals surface area (Å²) in [6.45, 7) is 15.7. The molecule has 0 saturated heterocycles. The molecule has 0 unspecified atom stereocenters. The van der Waals surface area contributed by atoms with Crippen LogP contribution in [-0.4, -0.2) is 36.8 Å². The van der Waals surface area contributed by atoms with Crippen LogP contribution in [0.5, 0.6) is 0 Å². The van der Waals surface area contributed by atoms with E-state index >= 15 is 0 Å². The first-order valence-electron chi connectivity index (χ1n) is 9.00. The number of hydrogen-bond acceptors (Lipinski definition) is 3. The van der Waals surface area contributed by atoms with E-state index in [4.69, 9.17) is 10.8 Å². The Bertz CT molecular complexity index is 482. The summed E-state index contributed by atoms with van der Waals surface area (Å²) in [7, 11) is -1.80. The predicted octanol–water partition coefficient (Wildman–Crippen LogP) is 3.97. The summed E-state index contributed by atoms with van der Waals surface area (Å²) in [6, 6.07) is 0. The zero-order valence-corrected chi connectivity index (χ0v) is 17.5. The maximum Gasteiger partial charge on any atom is 0.191 e. The van der Waals surface area contributed by atoms with Gasteiger partial charge in [-0.05, 0) is 55.7 Å². The third kappa shape index (κ3) is 5.19. The first-order chi connectivity index (χ1) is 10.8. The van der Waals surface area contributed by atoms with Crippen molar-refractivity contribution in [2.24, 2.45) is 17.8 Å². The Labute approximate surface area is 149 Å². The van der Waals surface area contributed by atoms with Crippen LogP contribution < -0.4 is 0 Å². The summed E-state index contributed by atoms with van der Waals surface area (Å²) in [5.74, 6) is 3.30. The van der Waals surface area contributed by atoms with Crippen molar-refractivity contribution < 1.29 is 14.6 Å². The molecule has 0 fully saturated rings. The molecule has 0 aromatic rings. The molecule has 1 aliphatic carbocycles. The van der Waals surface area contributed by atoms with Crippen molar-refractivity contribution >= 4 is 8.32 Å². The van der Waals surface area contributed by atoms with Crippen molar-refractivity contribution in [3.63, 3.8) is 0 Å². The van der Waals surface area contributed by atoms with Crippen molar-refractivity contribution in [3.05, 3.63) is 12.2 Å². The van der Waals surface area contributed by atoms with Crippen LogP contribution in [0.1, 0.15) is 47.5 Å². The molecule has 0 heterocycles. The second-order valence-electron chi connectivity index (χ2n) is 9.06. The summed E-state index contributed by atoms with van der Waals surface area (Å²) in [6.07, 6.45) is 10.2. The molecule has 1 aliphatic rings. The Kier molecular flexibility index (Phi) is 6.91. The van der Waals surface area contributed by atoms with Crippen molar-refractivity contribution in [3.8, 4) is 12.3 Å². The van der Waals surface area contributed by atoms with Crippen LogP contribution in [0.15, 0.2) is 12.2 Å². The summed E-state index contributed by atoms with van der Waals surface area (Å²) in [5.41, 5.74) is -1.48. The normalized spacial score (nSPS) is 28.9. The average Bonchev–Trinajstić information content (AvgIpc) is 2.45. The van der Waals surface area contributed by atoms with Crippen LogP contribution >= 0.6 is 0 Å². The number of terminal acetylenes is 1. The number of allylic oxidation sites excluding steroid dienone is 2. The fourth-order valence-electron chi connectivity index (χ4n) is 2.91. The molecular formula is C20H36O3Si. The first kappa shape index (κ1) is 21.4. The van der Waals surface area contributed by atoms with Crippen LogP contribution in [0.2, 0.25) is 18.1 Å². The minimum absolute atomic E-state index is 0.183. The SMILES string of the molecule is C#C[C@](C)(O)[C@@H](O)C[C@H]1CC=C[C@@H](C)[C@H]1CO[Si](C)(C)C(C)(C)C. The van der Waals surface area contributed by atoms with Crippen molar-refractivity contribution in [2.45, 2.75) is 77.3 Å². The smallest absolute Gasteiger partial charge is 0.191 e. The number of rotatable bonds is 6. The second kappa shape index (κ2) is 7.74. The van der Waals surface area contributed by atoms with Crippen LogP contribution in [0.4, 0.5) is 0 Å². The van der Waals surface area contributed by atoms with Gasteiger partial charge >= 0.3 is 0 Å². The summed E-state index contributed by atoms with van der Waals surface area (Å²) in [4.78, 5) is 0. The van der Waals surface area contributed by atoms with Gasteiger partial charge in [0.25, 0.3) is 0 Å². The van der Waals surface area contributed by atoms with Gasteiger partial charge in [0.1, 0.15) is 5.60 Å². The van der Waals surface area contributed by atoms with Gasteiger partial charge in [0.15, 0.2) is 8.32 Å². The van der Waals surface area contributed by atoms with Crippen molar-refractivity contribution in [2.75, 3.05) is 6.61 Å². The molecule has 5 atom stereocenters. The van der Waals surface area contributed by atoms with Gasteiger partial charge in [-0.3, -0.25) is 0 Å². The highest BCUT2D eigenvalue weighted by Gasteiger charge is 2.40. The molecule has 0 saturated carbocycles. The maximum absolute atomic E-state index is 10.3. The molecule has 0 bridgehead atoms. The van der Waals surface area contributed by atoms with Crippen LogP contribution in [0, 0.1) is 30.1 Å². The highest BCUT2D eigenvalue weighted by Crippen LogP contribution is 2.40. The fourth-order valence-corrected chi connectivity index (χ4v) is 3.95. The molecule has 0 spiro atoms. The van der Waals surface area contributed by atoms with Gasteiger partial charge in [0, 0.05) is 6.61 Å². The minimum atomic E-state index is -1.80. The molecule has 0 radical (unpaired) electrons. The van der Waals surface area contributed by atoms with E-state index < -0.39 is 20.0 Å². The van der Waals surface area contributed by atoms with E-state index in [-0.39, 0.29) is 11.0 Å². The van der Waals surface area contributed by atoms with E-state index in [0.29, 0.717) is 24.9 Å². The lowest BCUT2D eigenvalue weighted by molar-refractivity contribution is -0.0396. The Morgan fingerprint density at radius 1 is 1.33 bits per heavy atom. The third-order valence-corrected chi connectivity index (χ3v) is 10.6. The molecule has 24 heavy (non-hydrogen) atoms. The molecule has 4 heteroatoms. The van der Waals surface area contributed by atoms with E-state index in [1.54, 1.807) is 0 Å². The molecule has 3 nitrogen and oxygen atoms in total. The largest absolute Gasteiger partial charge is 0.417 e. The molecule has 0 aromatic carbocycles. The van der Waals surface area contributed by atoms with Gasteiger partial charge in [0.05, 0.1) is 6.10 Å². The summed E-state index contributed by atoms with van der Waals surface area (Å²) in [5, 5.41) is 20.6. The Hall–Kier alpha value is -0.603. The fraction of sp³-hybridized carbons (Fsp3) is 0.800.